The number of nitrogens with one attached hydrogen (secondary N) is 1. The van der Waals surface area contributed by atoms with Crippen molar-refractivity contribution in [2.45, 2.75) is 0 Å². The highest BCUT2D eigenvalue weighted by Gasteiger charge is 2.16. The number of carbonyl (C=O) groups excluding carboxylic acids is 1. The summed E-state index contributed by atoms with van der Waals surface area (Å²) in [5, 5.41) is 21.7. The number of phenolic OH excluding ortho intramolecular Hbond substituents is 1. The quantitative estimate of drug-likeness (QED) is 0.579. The standard InChI is InChI=1S/C15H8BrCl2N3O2S/c16-8-3-1-7(2-4-8)13(23)19-15-21-20-14(24-15)10-5-9(17)6-11(18)12(10)22/h1-6,22H,(H,19,21,23). The van der Waals surface area contributed by atoms with E-state index in [4.69, 9.17) is 23.2 Å². The number of rotatable bonds is 3. The van der Waals surface area contributed by atoms with Gasteiger partial charge in [0.1, 0.15) is 5.75 Å². The molecule has 1 amide bonds. The first-order valence-electron chi connectivity index (χ1n) is 6.53. The van der Waals surface area contributed by atoms with Gasteiger partial charge in [-0.15, -0.1) is 10.2 Å². The molecule has 5 nitrogen and oxygen atoms in total. The van der Waals surface area contributed by atoms with Crippen LogP contribution in [-0.2, 0) is 0 Å². The van der Waals surface area contributed by atoms with E-state index >= 15 is 0 Å². The third-order valence-electron chi connectivity index (χ3n) is 3.01. The van der Waals surface area contributed by atoms with Crippen LogP contribution in [0.3, 0.4) is 0 Å². The number of aromatic nitrogens is 2. The number of benzene rings is 2. The third-order valence-corrected chi connectivity index (χ3v) is 4.92. The molecule has 0 unspecified atom stereocenters. The van der Waals surface area contributed by atoms with Crippen LogP contribution in [0.1, 0.15) is 10.4 Å². The number of aromatic hydroxyl groups is 1. The first-order chi connectivity index (χ1) is 11.4. The maximum absolute atomic E-state index is 12.2. The van der Waals surface area contributed by atoms with Crippen molar-refractivity contribution in [3.05, 3.63) is 56.5 Å². The number of hydrogen-bond donors (Lipinski definition) is 2. The summed E-state index contributed by atoms with van der Waals surface area (Å²) in [4.78, 5) is 12.2. The Bertz CT molecular complexity index is 916. The largest absolute Gasteiger partial charge is 0.506 e. The van der Waals surface area contributed by atoms with Crippen LogP contribution in [-0.4, -0.2) is 21.2 Å². The number of carbonyl (C=O) groups is 1. The van der Waals surface area contributed by atoms with Crippen molar-refractivity contribution in [3.8, 4) is 16.3 Å². The molecule has 0 atom stereocenters. The normalized spacial score (nSPS) is 10.6. The molecule has 1 aromatic heterocycles. The summed E-state index contributed by atoms with van der Waals surface area (Å²) >= 11 is 16.3. The predicted octanol–water partition coefficient (Wildman–Crippen LogP) is 5.23. The Morgan fingerprint density at radius 1 is 1.17 bits per heavy atom. The molecule has 3 rings (SSSR count). The van der Waals surface area contributed by atoms with Gasteiger partial charge in [0.2, 0.25) is 5.13 Å². The Morgan fingerprint density at radius 3 is 2.58 bits per heavy atom. The van der Waals surface area contributed by atoms with E-state index in [-0.39, 0.29) is 16.7 Å². The first kappa shape index (κ1) is 17.2. The van der Waals surface area contributed by atoms with E-state index in [1.807, 2.05) is 0 Å². The molecular weight excluding hydrogens is 437 g/mol. The lowest BCUT2D eigenvalue weighted by Gasteiger charge is -2.03. The van der Waals surface area contributed by atoms with Gasteiger partial charge >= 0.3 is 0 Å². The average molecular weight is 445 g/mol. The first-order valence-corrected chi connectivity index (χ1v) is 8.89. The molecule has 0 aliphatic heterocycles. The maximum Gasteiger partial charge on any atom is 0.257 e. The minimum Gasteiger partial charge on any atom is -0.506 e. The Hall–Kier alpha value is -1.67. The summed E-state index contributed by atoms with van der Waals surface area (Å²) in [6.45, 7) is 0. The van der Waals surface area contributed by atoms with Crippen LogP contribution < -0.4 is 5.32 Å². The lowest BCUT2D eigenvalue weighted by Crippen LogP contribution is -2.11. The van der Waals surface area contributed by atoms with Crippen LogP contribution in [0, 0.1) is 0 Å². The van der Waals surface area contributed by atoms with Gasteiger partial charge < -0.3 is 5.11 Å². The molecule has 0 radical (unpaired) electrons. The summed E-state index contributed by atoms with van der Waals surface area (Å²) < 4.78 is 0.880. The van der Waals surface area contributed by atoms with Crippen molar-refractivity contribution in [1.82, 2.24) is 10.2 Å². The summed E-state index contributed by atoms with van der Waals surface area (Å²) in [6.07, 6.45) is 0. The van der Waals surface area contributed by atoms with E-state index in [1.165, 1.54) is 12.1 Å². The predicted molar refractivity (Wildman–Crippen MR) is 99.1 cm³/mol. The summed E-state index contributed by atoms with van der Waals surface area (Å²) in [5.74, 6) is -0.443. The van der Waals surface area contributed by atoms with Gasteiger partial charge in [0.15, 0.2) is 5.01 Å². The Labute approximate surface area is 159 Å². The second-order valence-electron chi connectivity index (χ2n) is 4.66. The van der Waals surface area contributed by atoms with E-state index in [2.05, 4.69) is 31.4 Å². The summed E-state index contributed by atoms with van der Waals surface area (Å²) in [5.41, 5.74) is 0.845. The molecule has 1 heterocycles. The van der Waals surface area contributed by atoms with Gasteiger partial charge in [-0.1, -0.05) is 50.5 Å². The highest BCUT2D eigenvalue weighted by atomic mass is 79.9. The highest BCUT2D eigenvalue weighted by molar-refractivity contribution is 9.10. The van der Waals surface area contributed by atoms with Gasteiger partial charge in [0, 0.05) is 15.1 Å². The molecule has 0 saturated carbocycles. The van der Waals surface area contributed by atoms with E-state index < -0.39 is 0 Å². The maximum atomic E-state index is 12.2. The number of nitrogens with zero attached hydrogens (tertiary/aromatic N) is 2. The molecule has 2 aromatic carbocycles. The minimum atomic E-state index is -0.307. The van der Waals surface area contributed by atoms with Crippen molar-refractivity contribution in [3.63, 3.8) is 0 Å². The topological polar surface area (TPSA) is 75.1 Å². The van der Waals surface area contributed by atoms with Crippen LogP contribution in [0.25, 0.3) is 10.6 Å². The Balaban J connectivity index is 1.84. The van der Waals surface area contributed by atoms with Crippen LogP contribution in [0.2, 0.25) is 10.0 Å². The third kappa shape index (κ3) is 3.70. The summed E-state index contributed by atoms with van der Waals surface area (Å²) in [7, 11) is 0. The molecule has 2 N–H and O–H groups in total. The second-order valence-corrected chi connectivity index (χ2v) is 7.39. The zero-order valence-corrected chi connectivity index (χ0v) is 15.7. The number of amides is 1. The van der Waals surface area contributed by atoms with Gasteiger partial charge in [-0.05, 0) is 36.4 Å². The van der Waals surface area contributed by atoms with Crippen LogP contribution in [0.5, 0.6) is 5.75 Å². The fourth-order valence-electron chi connectivity index (χ4n) is 1.88. The second kappa shape index (κ2) is 7.06. The highest BCUT2D eigenvalue weighted by Crippen LogP contribution is 2.39. The van der Waals surface area contributed by atoms with Crippen LogP contribution in [0.4, 0.5) is 5.13 Å². The van der Waals surface area contributed by atoms with Crippen LogP contribution in [0.15, 0.2) is 40.9 Å². The van der Waals surface area contributed by atoms with Gasteiger partial charge in [-0.2, -0.15) is 0 Å². The van der Waals surface area contributed by atoms with E-state index in [9.17, 15) is 9.90 Å². The van der Waals surface area contributed by atoms with Gasteiger partial charge in [-0.3, -0.25) is 10.1 Å². The summed E-state index contributed by atoms with van der Waals surface area (Å²) in [6, 6.07) is 9.87. The van der Waals surface area contributed by atoms with Gasteiger partial charge in [0.25, 0.3) is 5.91 Å². The van der Waals surface area contributed by atoms with E-state index in [0.717, 1.165) is 15.8 Å². The van der Waals surface area contributed by atoms with Gasteiger partial charge in [-0.25, -0.2) is 0 Å². The van der Waals surface area contributed by atoms with E-state index in [0.29, 0.717) is 26.3 Å². The van der Waals surface area contributed by atoms with E-state index in [1.54, 1.807) is 24.3 Å². The minimum absolute atomic E-state index is 0.119. The molecule has 24 heavy (non-hydrogen) atoms. The van der Waals surface area contributed by atoms with Crippen molar-refractivity contribution in [2.24, 2.45) is 0 Å². The average Bonchev–Trinajstić information content (AvgIpc) is 2.99. The molecule has 0 bridgehead atoms. The molecule has 9 heteroatoms. The lowest BCUT2D eigenvalue weighted by molar-refractivity contribution is 0.102. The molecule has 122 valence electrons. The van der Waals surface area contributed by atoms with Crippen molar-refractivity contribution >= 4 is 61.5 Å². The van der Waals surface area contributed by atoms with Crippen molar-refractivity contribution in [2.75, 3.05) is 5.32 Å². The number of anilines is 1. The van der Waals surface area contributed by atoms with Crippen molar-refractivity contribution in [1.29, 1.82) is 0 Å². The monoisotopic (exact) mass is 443 g/mol. The SMILES string of the molecule is O=C(Nc1nnc(-c2cc(Cl)cc(Cl)c2O)s1)c1ccc(Br)cc1. The smallest absolute Gasteiger partial charge is 0.257 e. The van der Waals surface area contributed by atoms with Crippen molar-refractivity contribution < 1.29 is 9.90 Å². The molecule has 0 aliphatic rings. The van der Waals surface area contributed by atoms with Gasteiger partial charge in [0.05, 0.1) is 10.6 Å². The molecule has 0 aliphatic carbocycles. The van der Waals surface area contributed by atoms with Crippen LogP contribution >= 0.6 is 50.5 Å². The Morgan fingerprint density at radius 2 is 1.88 bits per heavy atom. The number of halogens is 3. The molecule has 0 spiro atoms. The number of hydrogen-bond acceptors (Lipinski definition) is 5. The molecular formula is C15H8BrCl2N3O2S. The Kier molecular flexibility index (Phi) is 5.05. The zero-order valence-electron chi connectivity index (χ0n) is 11.8. The molecule has 0 fully saturated rings. The molecule has 3 aromatic rings. The zero-order chi connectivity index (χ0) is 17.3. The number of phenols is 1. The molecule has 0 saturated heterocycles. The fraction of sp³-hybridized carbons (Fsp3) is 0. The lowest BCUT2D eigenvalue weighted by atomic mass is 10.2. The fourth-order valence-corrected chi connectivity index (χ4v) is 3.40.